The molecule has 0 aliphatic rings. The summed E-state index contributed by atoms with van der Waals surface area (Å²) >= 11 is 0. The van der Waals surface area contributed by atoms with Crippen LogP contribution in [-0.2, 0) is 6.54 Å². The van der Waals surface area contributed by atoms with Crippen molar-refractivity contribution in [2.45, 2.75) is 6.54 Å². The highest BCUT2D eigenvalue weighted by atomic mass is 16.1. The Morgan fingerprint density at radius 2 is 1.71 bits per heavy atom. The van der Waals surface area contributed by atoms with Gasteiger partial charge in [0.2, 0.25) is 5.95 Å². The van der Waals surface area contributed by atoms with Gasteiger partial charge in [0.15, 0.2) is 0 Å². The number of anilines is 2. The molecule has 2 aromatic carbocycles. The molecule has 2 heterocycles. The molecule has 2 aromatic heterocycles. The van der Waals surface area contributed by atoms with Crippen LogP contribution in [0.4, 0.5) is 11.6 Å². The van der Waals surface area contributed by atoms with Crippen LogP contribution in [0.5, 0.6) is 0 Å². The number of nitrogens with one attached hydrogen (secondary N) is 1. The van der Waals surface area contributed by atoms with E-state index in [4.69, 9.17) is 0 Å². The largest absolute Gasteiger partial charge is 0.325 e. The van der Waals surface area contributed by atoms with Gasteiger partial charge in [-0.15, -0.1) is 0 Å². The molecule has 1 N–H and O–H groups in total. The van der Waals surface area contributed by atoms with Gasteiger partial charge in [0.25, 0.3) is 5.56 Å². The van der Waals surface area contributed by atoms with Crippen molar-refractivity contribution in [1.29, 1.82) is 0 Å². The summed E-state index contributed by atoms with van der Waals surface area (Å²) in [5, 5.41) is 3.84. The van der Waals surface area contributed by atoms with Crippen LogP contribution < -0.4 is 10.9 Å². The third-order valence-corrected chi connectivity index (χ3v) is 4.36. The van der Waals surface area contributed by atoms with E-state index in [0.29, 0.717) is 22.7 Å². The third kappa shape index (κ3) is 3.63. The topological polar surface area (TPSA) is 63.1 Å². The molecule has 0 amide bonds. The molecule has 0 bridgehead atoms. The highest BCUT2D eigenvalue weighted by Crippen LogP contribution is 2.20. The van der Waals surface area contributed by atoms with Crippen molar-refractivity contribution in [2.24, 2.45) is 0 Å². The Bertz CT molecular complexity index is 1150. The van der Waals surface area contributed by atoms with Gasteiger partial charge < -0.3 is 10.2 Å². The molecule has 4 aromatic rings. The molecular formula is C22H21N5O. The third-order valence-electron chi connectivity index (χ3n) is 4.36. The fraction of sp³-hybridized carbons (Fsp3) is 0.136. The first kappa shape index (κ1) is 17.9. The molecule has 0 radical (unpaired) electrons. The summed E-state index contributed by atoms with van der Waals surface area (Å²) in [4.78, 5) is 24.3. The maximum atomic E-state index is 13.2. The Morgan fingerprint density at radius 1 is 0.964 bits per heavy atom. The van der Waals surface area contributed by atoms with Gasteiger partial charge in [0, 0.05) is 18.4 Å². The average Bonchev–Trinajstić information content (AvgIpc) is 2.70. The maximum Gasteiger partial charge on any atom is 0.268 e. The highest BCUT2D eigenvalue weighted by Gasteiger charge is 2.13. The number of nitrogens with zero attached hydrogens (tertiary/aromatic N) is 4. The van der Waals surface area contributed by atoms with Crippen molar-refractivity contribution >= 4 is 22.5 Å². The van der Waals surface area contributed by atoms with E-state index in [-0.39, 0.29) is 5.56 Å². The Morgan fingerprint density at radius 3 is 2.43 bits per heavy atom. The lowest BCUT2D eigenvalue weighted by Crippen LogP contribution is -2.23. The molecule has 0 fully saturated rings. The number of hydrogen-bond donors (Lipinski definition) is 1. The van der Waals surface area contributed by atoms with Gasteiger partial charge >= 0.3 is 0 Å². The minimum atomic E-state index is -0.156. The van der Waals surface area contributed by atoms with E-state index >= 15 is 0 Å². The zero-order valence-corrected chi connectivity index (χ0v) is 15.8. The molecule has 6 nitrogen and oxygen atoms in total. The predicted octanol–water partition coefficient (Wildman–Crippen LogP) is 3.59. The van der Waals surface area contributed by atoms with Crippen molar-refractivity contribution in [1.82, 2.24) is 19.4 Å². The van der Waals surface area contributed by atoms with E-state index in [9.17, 15) is 4.79 Å². The molecule has 0 aliphatic carbocycles. The summed E-state index contributed by atoms with van der Waals surface area (Å²) in [5.41, 5.74) is 2.56. The lowest BCUT2D eigenvalue weighted by atomic mass is 10.2. The van der Waals surface area contributed by atoms with Gasteiger partial charge in [0.05, 0.1) is 10.9 Å². The first-order valence-corrected chi connectivity index (χ1v) is 9.06. The number of hydrogen-bond acceptors (Lipinski definition) is 5. The molecule has 0 aliphatic heterocycles. The Labute approximate surface area is 163 Å². The highest BCUT2D eigenvalue weighted by molar-refractivity contribution is 5.79. The van der Waals surface area contributed by atoms with Crippen molar-refractivity contribution < 1.29 is 0 Å². The summed E-state index contributed by atoms with van der Waals surface area (Å²) in [7, 11) is 4.08. The van der Waals surface area contributed by atoms with Gasteiger partial charge in [-0.3, -0.25) is 4.79 Å². The van der Waals surface area contributed by atoms with E-state index in [2.05, 4.69) is 32.3 Å². The Balaban J connectivity index is 1.80. The molecule has 0 spiro atoms. The first-order valence-electron chi connectivity index (χ1n) is 9.06. The van der Waals surface area contributed by atoms with Crippen molar-refractivity contribution in [3.05, 3.63) is 88.8 Å². The van der Waals surface area contributed by atoms with E-state index in [1.807, 2.05) is 56.6 Å². The fourth-order valence-electron chi connectivity index (χ4n) is 3.10. The van der Waals surface area contributed by atoms with E-state index in [1.54, 1.807) is 18.3 Å². The monoisotopic (exact) mass is 371 g/mol. The van der Waals surface area contributed by atoms with Crippen molar-refractivity contribution in [3.63, 3.8) is 0 Å². The molecule has 28 heavy (non-hydrogen) atoms. The molecule has 4 rings (SSSR count). The van der Waals surface area contributed by atoms with Gasteiger partial charge in [0.1, 0.15) is 5.82 Å². The molecule has 0 saturated heterocycles. The van der Waals surface area contributed by atoms with E-state index < -0.39 is 0 Å². The van der Waals surface area contributed by atoms with Crippen LogP contribution in [-0.4, -0.2) is 33.5 Å². The molecule has 0 atom stereocenters. The number of aromatic nitrogens is 3. The molecule has 6 heteroatoms. The normalized spacial score (nSPS) is 11.1. The predicted molar refractivity (Wildman–Crippen MR) is 112 cm³/mol. The van der Waals surface area contributed by atoms with Crippen LogP contribution in [0, 0.1) is 0 Å². The molecule has 0 saturated carbocycles. The van der Waals surface area contributed by atoms with Crippen LogP contribution in [0.2, 0.25) is 0 Å². The standard InChI is InChI=1S/C22H21N5O/c1-26(2)15-16-10-12-17(13-11-16)24-22-25-19-8-4-3-7-18(19)21(28)27(22)20-9-5-6-14-23-20/h3-14H,15H2,1-2H3,(H,24,25). The van der Waals surface area contributed by atoms with Crippen LogP contribution in [0.3, 0.4) is 0 Å². The summed E-state index contributed by atoms with van der Waals surface area (Å²) in [6.07, 6.45) is 1.66. The zero-order chi connectivity index (χ0) is 19.5. The zero-order valence-electron chi connectivity index (χ0n) is 15.8. The SMILES string of the molecule is CN(C)Cc1ccc(Nc2nc3ccccc3c(=O)n2-c2ccccn2)cc1. The second-order valence-corrected chi connectivity index (χ2v) is 6.84. The Kier molecular flexibility index (Phi) is 4.87. The van der Waals surface area contributed by atoms with Crippen molar-refractivity contribution in [3.8, 4) is 5.82 Å². The van der Waals surface area contributed by atoms with E-state index in [0.717, 1.165) is 12.2 Å². The summed E-state index contributed by atoms with van der Waals surface area (Å²) in [6.45, 7) is 0.868. The summed E-state index contributed by atoms with van der Waals surface area (Å²) in [6, 6.07) is 20.9. The molecule has 0 unspecified atom stereocenters. The minimum absolute atomic E-state index is 0.156. The number of rotatable bonds is 5. The number of benzene rings is 2. The first-order chi connectivity index (χ1) is 13.6. The summed E-state index contributed by atoms with van der Waals surface area (Å²) in [5.74, 6) is 0.959. The number of pyridine rings is 1. The second kappa shape index (κ2) is 7.62. The molecular weight excluding hydrogens is 350 g/mol. The van der Waals surface area contributed by atoms with Crippen LogP contribution >= 0.6 is 0 Å². The fourth-order valence-corrected chi connectivity index (χ4v) is 3.10. The second-order valence-electron chi connectivity index (χ2n) is 6.84. The van der Waals surface area contributed by atoms with Gasteiger partial charge in [-0.05, 0) is 56.1 Å². The van der Waals surface area contributed by atoms with Gasteiger partial charge in [-0.1, -0.05) is 30.3 Å². The van der Waals surface area contributed by atoms with Gasteiger partial charge in [-0.2, -0.15) is 0 Å². The van der Waals surface area contributed by atoms with Crippen LogP contribution in [0.15, 0.2) is 77.7 Å². The summed E-state index contributed by atoms with van der Waals surface area (Å²) < 4.78 is 1.51. The van der Waals surface area contributed by atoms with E-state index in [1.165, 1.54) is 10.1 Å². The number of fused-ring (bicyclic) bond motifs is 1. The Hall–Kier alpha value is -3.51. The van der Waals surface area contributed by atoms with Crippen molar-refractivity contribution in [2.75, 3.05) is 19.4 Å². The number of para-hydroxylation sites is 1. The van der Waals surface area contributed by atoms with Crippen LogP contribution in [0.25, 0.3) is 16.7 Å². The quantitative estimate of drug-likeness (QED) is 0.581. The lowest BCUT2D eigenvalue weighted by molar-refractivity contribution is 0.402. The van der Waals surface area contributed by atoms with Crippen LogP contribution in [0.1, 0.15) is 5.56 Å². The smallest absolute Gasteiger partial charge is 0.268 e. The lowest BCUT2D eigenvalue weighted by Gasteiger charge is -2.15. The van der Waals surface area contributed by atoms with Gasteiger partial charge in [-0.25, -0.2) is 14.5 Å². The molecule has 140 valence electrons. The minimum Gasteiger partial charge on any atom is -0.325 e. The maximum absolute atomic E-state index is 13.2. The average molecular weight is 371 g/mol.